The van der Waals surface area contributed by atoms with Crippen LogP contribution in [-0.4, -0.2) is 24.5 Å². The Morgan fingerprint density at radius 2 is 1.89 bits per heavy atom. The van der Waals surface area contributed by atoms with Crippen LogP contribution in [0.25, 0.3) is 0 Å². The van der Waals surface area contributed by atoms with E-state index in [1.165, 1.54) is 5.56 Å². The van der Waals surface area contributed by atoms with Crippen molar-refractivity contribution >= 4 is 28.9 Å². The summed E-state index contributed by atoms with van der Waals surface area (Å²) in [4.78, 5) is 16.5. The summed E-state index contributed by atoms with van der Waals surface area (Å²) >= 11 is 5.89. The van der Waals surface area contributed by atoms with Gasteiger partial charge in [-0.2, -0.15) is 0 Å². The van der Waals surface area contributed by atoms with Crippen LogP contribution < -0.4 is 15.4 Å². The molecule has 0 aliphatic rings. The Bertz CT molecular complexity index is 896. The van der Waals surface area contributed by atoms with Crippen LogP contribution in [0, 0.1) is 0 Å². The second kappa shape index (κ2) is 9.05. The van der Waals surface area contributed by atoms with Crippen molar-refractivity contribution in [3.8, 4) is 5.75 Å². The molecule has 3 aromatic rings. The summed E-state index contributed by atoms with van der Waals surface area (Å²) in [5.41, 5.74) is 3.07. The zero-order chi connectivity index (χ0) is 19.1. The van der Waals surface area contributed by atoms with Crippen molar-refractivity contribution < 1.29 is 9.53 Å². The molecule has 138 valence electrons. The molecule has 0 spiro atoms. The van der Waals surface area contributed by atoms with E-state index in [1.54, 1.807) is 31.5 Å². The van der Waals surface area contributed by atoms with Gasteiger partial charge in [-0.3, -0.25) is 4.79 Å². The van der Waals surface area contributed by atoms with E-state index in [-0.39, 0.29) is 5.91 Å². The summed E-state index contributed by atoms with van der Waals surface area (Å²) in [6.45, 7) is 0.763. The first kappa shape index (κ1) is 18.7. The SMILES string of the molecule is COc1cccc(NC(=O)c2ccc(NCCc3ccc(Cl)cc3)cn2)c1. The number of carbonyl (C=O) groups is 1. The Labute approximate surface area is 163 Å². The lowest BCUT2D eigenvalue weighted by atomic mass is 10.1. The minimum Gasteiger partial charge on any atom is -0.497 e. The summed E-state index contributed by atoms with van der Waals surface area (Å²) in [5.74, 6) is 0.414. The van der Waals surface area contributed by atoms with Crippen molar-refractivity contribution in [2.45, 2.75) is 6.42 Å². The Morgan fingerprint density at radius 3 is 2.59 bits per heavy atom. The number of benzene rings is 2. The quantitative estimate of drug-likeness (QED) is 0.625. The number of nitrogens with zero attached hydrogens (tertiary/aromatic N) is 1. The van der Waals surface area contributed by atoms with Gasteiger partial charge in [0.1, 0.15) is 11.4 Å². The highest BCUT2D eigenvalue weighted by molar-refractivity contribution is 6.30. The van der Waals surface area contributed by atoms with E-state index in [2.05, 4.69) is 15.6 Å². The van der Waals surface area contributed by atoms with Crippen LogP contribution in [0.1, 0.15) is 16.1 Å². The van der Waals surface area contributed by atoms with Crippen LogP contribution in [-0.2, 0) is 6.42 Å². The number of ether oxygens (including phenoxy) is 1. The predicted octanol–water partition coefficient (Wildman–Crippen LogP) is 4.65. The number of amides is 1. The van der Waals surface area contributed by atoms with Crippen LogP contribution in [0.4, 0.5) is 11.4 Å². The van der Waals surface area contributed by atoms with Crippen LogP contribution in [0.3, 0.4) is 0 Å². The number of rotatable bonds is 7. The minimum absolute atomic E-state index is 0.268. The highest BCUT2D eigenvalue weighted by Crippen LogP contribution is 2.17. The Balaban J connectivity index is 1.53. The third kappa shape index (κ3) is 5.46. The van der Waals surface area contributed by atoms with E-state index in [1.807, 2.05) is 42.5 Å². The Morgan fingerprint density at radius 1 is 1.07 bits per heavy atom. The van der Waals surface area contributed by atoms with Crippen molar-refractivity contribution in [1.82, 2.24) is 4.98 Å². The standard InChI is InChI=1S/C21H20ClN3O2/c1-27-19-4-2-3-17(13-19)25-21(26)20-10-9-18(14-24-20)23-12-11-15-5-7-16(22)8-6-15/h2-10,13-14,23H,11-12H2,1H3,(H,25,26). The molecule has 0 saturated heterocycles. The molecule has 27 heavy (non-hydrogen) atoms. The fourth-order valence-electron chi connectivity index (χ4n) is 2.53. The molecule has 6 heteroatoms. The van der Waals surface area contributed by atoms with Crippen molar-refractivity contribution in [3.63, 3.8) is 0 Å². The zero-order valence-corrected chi connectivity index (χ0v) is 15.7. The second-order valence-corrected chi connectivity index (χ2v) is 6.36. The van der Waals surface area contributed by atoms with Gasteiger partial charge in [-0.25, -0.2) is 4.98 Å². The average Bonchev–Trinajstić information content (AvgIpc) is 2.70. The molecule has 0 unspecified atom stereocenters. The summed E-state index contributed by atoms with van der Waals surface area (Å²) < 4.78 is 5.15. The van der Waals surface area contributed by atoms with Gasteiger partial charge in [0.05, 0.1) is 19.0 Å². The lowest BCUT2D eigenvalue weighted by Gasteiger charge is -2.08. The van der Waals surface area contributed by atoms with E-state index in [0.717, 1.165) is 23.7 Å². The highest BCUT2D eigenvalue weighted by atomic mass is 35.5. The molecule has 0 saturated carbocycles. The van der Waals surface area contributed by atoms with E-state index in [0.29, 0.717) is 17.1 Å². The largest absolute Gasteiger partial charge is 0.497 e. The van der Waals surface area contributed by atoms with Gasteiger partial charge in [0.15, 0.2) is 0 Å². The topological polar surface area (TPSA) is 63.2 Å². The molecule has 3 rings (SSSR count). The monoisotopic (exact) mass is 381 g/mol. The molecule has 5 nitrogen and oxygen atoms in total. The van der Waals surface area contributed by atoms with Crippen molar-refractivity contribution in [2.75, 3.05) is 24.3 Å². The lowest BCUT2D eigenvalue weighted by molar-refractivity contribution is 0.102. The van der Waals surface area contributed by atoms with Crippen molar-refractivity contribution in [2.24, 2.45) is 0 Å². The number of hydrogen-bond donors (Lipinski definition) is 2. The molecule has 0 fully saturated rings. The molecule has 1 aromatic heterocycles. The van der Waals surface area contributed by atoms with E-state index in [4.69, 9.17) is 16.3 Å². The molecule has 0 bridgehead atoms. The maximum absolute atomic E-state index is 12.3. The summed E-state index contributed by atoms with van der Waals surface area (Å²) in [6, 6.07) is 18.5. The first-order valence-corrected chi connectivity index (χ1v) is 8.91. The molecule has 2 aromatic carbocycles. The maximum Gasteiger partial charge on any atom is 0.274 e. The van der Waals surface area contributed by atoms with Crippen LogP contribution in [0.2, 0.25) is 5.02 Å². The van der Waals surface area contributed by atoms with Gasteiger partial charge in [-0.05, 0) is 48.4 Å². The third-order valence-corrected chi connectivity index (χ3v) is 4.23. The van der Waals surface area contributed by atoms with Gasteiger partial charge < -0.3 is 15.4 Å². The molecule has 0 aliphatic carbocycles. The second-order valence-electron chi connectivity index (χ2n) is 5.92. The summed E-state index contributed by atoms with van der Waals surface area (Å²) in [7, 11) is 1.58. The number of nitrogens with one attached hydrogen (secondary N) is 2. The van der Waals surface area contributed by atoms with E-state index in [9.17, 15) is 4.79 Å². The van der Waals surface area contributed by atoms with Gasteiger partial charge >= 0.3 is 0 Å². The highest BCUT2D eigenvalue weighted by Gasteiger charge is 2.08. The number of pyridine rings is 1. The van der Waals surface area contributed by atoms with Crippen molar-refractivity contribution in [3.05, 3.63) is 83.1 Å². The number of aromatic nitrogens is 1. The molecule has 2 N–H and O–H groups in total. The molecule has 0 atom stereocenters. The maximum atomic E-state index is 12.3. The molecular formula is C21H20ClN3O2. The van der Waals surface area contributed by atoms with E-state index < -0.39 is 0 Å². The van der Waals surface area contributed by atoms with Gasteiger partial charge in [0.25, 0.3) is 5.91 Å². The van der Waals surface area contributed by atoms with Gasteiger partial charge in [-0.15, -0.1) is 0 Å². The van der Waals surface area contributed by atoms with Crippen LogP contribution in [0.15, 0.2) is 66.9 Å². The lowest BCUT2D eigenvalue weighted by Crippen LogP contribution is -2.14. The van der Waals surface area contributed by atoms with Gasteiger partial charge in [-0.1, -0.05) is 29.8 Å². The first-order valence-electron chi connectivity index (χ1n) is 8.54. The number of methoxy groups -OCH3 is 1. The molecule has 0 radical (unpaired) electrons. The first-order chi connectivity index (χ1) is 13.1. The summed E-state index contributed by atoms with van der Waals surface area (Å²) in [6.07, 6.45) is 2.53. The van der Waals surface area contributed by atoms with Gasteiger partial charge in [0.2, 0.25) is 0 Å². The number of hydrogen-bond acceptors (Lipinski definition) is 4. The number of anilines is 2. The van der Waals surface area contributed by atoms with Gasteiger partial charge in [0, 0.05) is 23.3 Å². The number of carbonyl (C=O) groups excluding carboxylic acids is 1. The molecule has 1 amide bonds. The van der Waals surface area contributed by atoms with Crippen molar-refractivity contribution in [1.29, 1.82) is 0 Å². The fourth-order valence-corrected chi connectivity index (χ4v) is 2.66. The summed E-state index contributed by atoms with van der Waals surface area (Å²) in [5, 5.41) is 6.84. The zero-order valence-electron chi connectivity index (χ0n) is 14.9. The Hall–Kier alpha value is -3.05. The molecular weight excluding hydrogens is 362 g/mol. The smallest absolute Gasteiger partial charge is 0.274 e. The van der Waals surface area contributed by atoms with Crippen LogP contribution >= 0.6 is 11.6 Å². The average molecular weight is 382 g/mol. The normalized spacial score (nSPS) is 10.3. The minimum atomic E-state index is -0.268. The van der Waals surface area contributed by atoms with E-state index >= 15 is 0 Å². The fraction of sp³-hybridized carbons (Fsp3) is 0.143. The number of halogens is 1. The third-order valence-electron chi connectivity index (χ3n) is 3.98. The Kier molecular flexibility index (Phi) is 6.28. The predicted molar refractivity (Wildman–Crippen MR) is 109 cm³/mol. The van der Waals surface area contributed by atoms with Crippen LogP contribution in [0.5, 0.6) is 5.75 Å². The molecule has 1 heterocycles. The molecule has 0 aliphatic heterocycles.